The molecule has 0 aromatic heterocycles. The Bertz CT molecular complexity index is 1860. The molecule has 7 nitrogen and oxygen atoms in total. The van der Waals surface area contributed by atoms with E-state index in [1.54, 1.807) is 48.5 Å². The highest BCUT2D eigenvalue weighted by Crippen LogP contribution is 2.25. The largest absolute Gasteiger partial charge is 0.493 e. The van der Waals surface area contributed by atoms with Crippen LogP contribution in [0.2, 0.25) is 0 Å². The second-order valence-corrected chi connectivity index (χ2v) is 11.4. The van der Waals surface area contributed by atoms with Gasteiger partial charge >= 0.3 is 5.97 Å². The number of carbonyl (C=O) groups excluding carboxylic acids is 2. The van der Waals surface area contributed by atoms with Crippen LogP contribution in [0.1, 0.15) is 27.9 Å². The molecular formula is C39H30N2O5S. The van der Waals surface area contributed by atoms with Crippen LogP contribution in [0.25, 0.3) is 22.3 Å². The van der Waals surface area contributed by atoms with Crippen LogP contribution < -0.4 is 9.47 Å². The highest BCUT2D eigenvalue weighted by molar-refractivity contribution is 8.14. The van der Waals surface area contributed by atoms with Crippen molar-refractivity contribution in [2.75, 3.05) is 19.0 Å². The minimum absolute atomic E-state index is 0.0975. The van der Waals surface area contributed by atoms with Gasteiger partial charge in [0.25, 0.3) is 0 Å². The molecule has 0 fully saturated rings. The molecule has 232 valence electrons. The molecule has 1 atom stereocenters. The van der Waals surface area contributed by atoms with Gasteiger partial charge in [-0.25, -0.2) is 0 Å². The third-order valence-electron chi connectivity index (χ3n) is 7.18. The third-order valence-corrected chi connectivity index (χ3v) is 8.05. The zero-order valence-corrected chi connectivity index (χ0v) is 26.2. The number of nitriles is 2. The molecule has 0 bridgehead atoms. The molecule has 0 saturated carbocycles. The zero-order chi connectivity index (χ0) is 32.8. The van der Waals surface area contributed by atoms with E-state index in [-0.39, 0.29) is 24.1 Å². The first-order valence-electron chi connectivity index (χ1n) is 14.9. The lowest BCUT2D eigenvalue weighted by atomic mass is 10.0. The summed E-state index contributed by atoms with van der Waals surface area (Å²) in [4.78, 5) is 25.2. The van der Waals surface area contributed by atoms with Gasteiger partial charge in [-0.1, -0.05) is 90.6 Å². The number of hydrogen-bond acceptors (Lipinski definition) is 8. The Labute approximate surface area is 278 Å². The monoisotopic (exact) mass is 638 g/mol. The van der Waals surface area contributed by atoms with Crippen molar-refractivity contribution in [1.82, 2.24) is 0 Å². The van der Waals surface area contributed by atoms with E-state index >= 15 is 0 Å². The average Bonchev–Trinajstić information content (AvgIpc) is 3.13. The minimum Gasteiger partial charge on any atom is -0.493 e. The molecule has 5 rings (SSSR count). The van der Waals surface area contributed by atoms with Gasteiger partial charge in [-0.2, -0.15) is 10.5 Å². The van der Waals surface area contributed by atoms with Crippen molar-refractivity contribution in [3.05, 3.63) is 144 Å². The molecule has 0 heterocycles. The van der Waals surface area contributed by atoms with Gasteiger partial charge in [0, 0.05) is 12.0 Å². The molecule has 5 aromatic rings. The van der Waals surface area contributed by atoms with Crippen LogP contribution in [0.3, 0.4) is 0 Å². The smallest absolute Gasteiger partial charge is 0.316 e. The number of thioether (sulfide) groups is 1. The number of ether oxygens (including phenoxy) is 3. The van der Waals surface area contributed by atoms with Crippen molar-refractivity contribution >= 4 is 22.8 Å². The maximum Gasteiger partial charge on any atom is 0.316 e. The number of carbonyl (C=O) groups is 2. The van der Waals surface area contributed by atoms with Gasteiger partial charge in [0.05, 0.1) is 35.6 Å². The maximum atomic E-state index is 12.8. The molecule has 47 heavy (non-hydrogen) atoms. The normalized spacial score (nSPS) is 11.0. The molecule has 0 spiro atoms. The number of hydrogen-bond donors (Lipinski definition) is 0. The molecule has 0 N–H and O–H groups in total. The van der Waals surface area contributed by atoms with Crippen LogP contribution in [-0.4, -0.2) is 36.2 Å². The second kappa shape index (κ2) is 16.5. The van der Waals surface area contributed by atoms with Crippen LogP contribution in [-0.2, 0) is 9.53 Å². The number of esters is 1. The van der Waals surface area contributed by atoms with Crippen molar-refractivity contribution < 1.29 is 23.8 Å². The van der Waals surface area contributed by atoms with Gasteiger partial charge in [0.1, 0.15) is 24.2 Å². The summed E-state index contributed by atoms with van der Waals surface area (Å²) < 4.78 is 17.7. The highest BCUT2D eigenvalue weighted by atomic mass is 32.2. The molecule has 0 radical (unpaired) electrons. The summed E-state index contributed by atoms with van der Waals surface area (Å²) in [5.41, 5.74) is 5.67. The summed E-state index contributed by atoms with van der Waals surface area (Å²) >= 11 is 0.899. The Morgan fingerprint density at radius 3 is 1.57 bits per heavy atom. The van der Waals surface area contributed by atoms with Crippen molar-refractivity contribution in [3.63, 3.8) is 0 Å². The van der Waals surface area contributed by atoms with Crippen LogP contribution >= 0.6 is 11.8 Å². The molecule has 8 heteroatoms. The van der Waals surface area contributed by atoms with E-state index in [2.05, 4.69) is 12.1 Å². The number of benzene rings is 5. The Kier molecular flexibility index (Phi) is 11.4. The fourth-order valence-electron chi connectivity index (χ4n) is 4.64. The fraction of sp³-hybridized carbons (Fsp3) is 0.128. The molecular weight excluding hydrogens is 609 g/mol. The quantitative estimate of drug-likeness (QED) is 0.119. The minimum atomic E-state index is -0.619. The van der Waals surface area contributed by atoms with Gasteiger partial charge in [-0.05, 0) is 70.8 Å². The van der Waals surface area contributed by atoms with Gasteiger partial charge < -0.3 is 14.2 Å². The standard InChI is InChI=1S/C39H30N2O5S/c40-24-28-6-10-30(11-7-28)32-14-18-35(19-15-32)44-23-22-37(46-38(42)27-47-39(43)34-4-2-1-3-5-34)26-45-36-20-16-33(17-21-36)31-12-8-29(25-41)9-13-31/h1-21,37H,22-23,26-27H2. The van der Waals surface area contributed by atoms with Crippen molar-refractivity contribution in [2.45, 2.75) is 12.5 Å². The van der Waals surface area contributed by atoms with Crippen LogP contribution in [0.5, 0.6) is 11.5 Å². The Morgan fingerprint density at radius 1 is 0.617 bits per heavy atom. The molecule has 0 aliphatic heterocycles. The number of nitrogens with zero attached hydrogens (tertiary/aromatic N) is 2. The fourth-order valence-corrected chi connectivity index (χ4v) is 5.26. The maximum absolute atomic E-state index is 12.8. The van der Waals surface area contributed by atoms with E-state index in [9.17, 15) is 9.59 Å². The Morgan fingerprint density at radius 2 is 1.09 bits per heavy atom. The predicted molar refractivity (Wildman–Crippen MR) is 182 cm³/mol. The highest BCUT2D eigenvalue weighted by Gasteiger charge is 2.18. The molecule has 0 amide bonds. The van der Waals surface area contributed by atoms with E-state index in [1.165, 1.54) is 0 Å². The summed E-state index contributed by atoms with van der Waals surface area (Å²) in [5, 5.41) is 17.9. The van der Waals surface area contributed by atoms with Crippen molar-refractivity contribution in [2.24, 2.45) is 0 Å². The van der Waals surface area contributed by atoms with Gasteiger partial charge in [-0.15, -0.1) is 0 Å². The SMILES string of the molecule is N#Cc1ccc(-c2ccc(OCCC(COc3ccc(-c4ccc(C#N)cc4)cc3)OC(=O)CSC(=O)c3ccccc3)cc2)cc1. The van der Waals surface area contributed by atoms with Crippen LogP contribution in [0.15, 0.2) is 127 Å². The Hall–Kier alpha value is -5.83. The first kappa shape index (κ1) is 32.6. The molecule has 0 aliphatic carbocycles. The summed E-state index contributed by atoms with van der Waals surface area (Å²) in [7, 11) is 0. The molecule has 0 aliphatic rings. The Balaban J connectivity index is 1.18. The lowest BCUT2D eigenvalue weighted by Crippen LogP contribution is -2.28. The first-order valence-corrected chi connectivity index (χ1v) is 15.9. The number of rotatable bonds is 13. The second-order valence-electron chi connectivity index (χ2n) is 10.4. The van der Waals surface area contributed by atoms with Crippen molar-refractivity contribution in [3.8, 4) is 45.9 Å². The lowest BCUT2D eigenvalue weighted by molar-refractivity contribution is -0.147. The van der Waals surface area contributed by atoms with Gasteiger partial charge in [0.2, 0.25) is 5.12 Å². The van der Waals surface area contributed by atoms with Crippen LogP contribution in [0, 0.1) is 22.7 Å². The van der Waals surface area contributed by atoms with E-state index < -0.39 is 12.1 Å². The summed E-state index contributed by atoms with van der Waals surface area (Å²) in [6.45, 7) is 0.367. The molecule has 5 aromatic carbocycles. The zero-order valence-electron chi connectivity index (χ0n) is 25.4. The van der Waals surface area contributed by atoms with Crippen LogP contribution in [0.4, 0.5) is 0 Å². The van der Waals surface area contributed by atoms with Gasteiger partial charge in [0.15, 0.2) is 0 Å². The summed E-state index contributed by atoms with van der Waals surface area (Å²) in [6.07, 6.45) is -0.255. The van der Waals surface area contributed by atoms with E-state index in [0.29, 0.717) is 34.6 Å². The molecule has 0 saturated heterocycles. The van der Waals surface area contributed by atoms with Gasteiger partial charge in [-0.3, -0.25) is 9.59 Å². The molecule has 1 unspecified atom stereocenters. The van der Waals surface area contributed by atoms with E-state index in [4.69, 9.17) is 24.7 Å². The summed E-state index contributed by atoms with van der Waals surface area (Å²) in [6, 6.07) is 42.9. The lowest BCUT2D eigenvalue weighted by Gasteiger charge is -2.19. The van der Waals surface area contributed by atoms with Crippen molar-refractivity contribution in [1.29, 1.82) is 10.5 Å². The first-order chi connectivity index (χ1) is 23.0. The predicted octanol–water partition coefficient (Wildman–Crippen LogP) is 8.10. The summed E-state index contributed by atoms with van der Waals surface area (Å²) in [5.74, 6) is 0.629. The topological polar surface area (TPSA) is 109 Å². The average molecular weight is 639 g/mol. The van der Waals surface area contributed by atoms with E-state index in [0.717, 1.165) is 34.0 Å². The third kappa shape index (κ3) is 9.58. The van der Waals surface area contributed by atoms with E-state index in [1.807, 2.05) is 78.9 Å².